The van der Waals surface area contributed by atoms with Crippen molar-refractivity contribution >= 4 is 40.1 Å². The Morgan fingerprint density at radius 3 is 2.24 bits per heavy atom. The maximum absolute atomic E-state index is 13.1. The van der Waals surface area contributed by atoms with Crippen LogP contribution in [0, 0.1) is 5.82 Å². The molecule has 3 amide bonds. The van der Waals surface area contributed by atoms with Gasteiger partial charge < -0.3 is 19.7 Å². The minimum Gasteiger partial charge on any atom is -0.338 e. The zero-order chi connectivity index (χ0) is 20.5. The predicted molar refractivity (Wildman–Crippen MR) is 111 cm³/mol. The number of carbonyl (C=O) groups is 2. The fraction of sp³-hybridized carbons (Fsp3) is 0.238. The summed E-state index contributed by atoms with van der Waals surface area (Å²) in [6, 6.07) is 12.9. The molecule has 0 aliphatic carbocycles. The van der Waals surface area contributed by atoms with Crippen LogP contribution in [0.25, 0.3) is 10.9 Å². The van der Waals surface area contributed by atoms with Gasteiger partial charge in [0.1, 0.15) is 11.5 Å². The molecule has 1 saturated heterocycles. The normalized spacial score (nSPS) is 14.3. The number of urea groups is 1. The SMILES string of the molecule is Cn1c(C(=O)N2CCN(C(=O)Nc3ccc(F)cc3)CC2)c(Cl)c2ccccc21. The number of aryl methyl sites for hydroxylation is 1. The van der Waals surface area contributed by atoms with Crippen molar-refractivity contribution in [2.24, 2.45) is 7.05 Å². The van der Waals surface area contributed by atoms with Gasteiger partial charge in [0.15, 0.2) is 0 Å². The van der Waals surface area contributed by atoms with E-state index in [1.165, 1.54) is 24.3 Å². The number of nitrogens with one attached hydrogen (secondary N) is 1. The van der Waals surface area contributed by atoms with Crippen molar-refractivity contribution in [2.45, 2.75) is 0 Å². The number of aromatic nitrogens is 1. The Bertz CT molecular complexity index is 1030. The van der Waals surface area contributed by atoms with Crippen molar-refractivity contribution < 1.29 is 14.0 Å². The molecule has 1 N–H and O–H groups in total. The Kier molecular flexibility index (Phi) is 5.15. The lowest BCUT2D eigenvalue weighted by Crippen LogP contribution is -2.52. The molecule has 3 aromatic rings. The summed E-state index contributed by atoms with van der Waals surface area (Å²) in [7, 11) is 1.83. The molecule has 6 nitrogen and oxygen atoms in total. The van der Waals surface area contributed by atoms with Crippen LogP contribution >= 0.6 is 11.6 Å². The Morgan fingerprint density at radius 1 is 0.966 bits per heavy atom. The smallest absolute Gasteiger partial charge is 0.321 e. The number of anilines is 1. The van der Waals surface area contributed by atoms with Gasteiger partial charge in [0.2, 0.25) is 0 Å². The second kappa shape index (κ2) is 7.75. The lowest BCUT2D eigenvalue weighted by molar-refractivity contribution is 0.0663. The second-order valence-electron chi connectivity index (χ2n) is 6.96. The van der Waals surface area contributed by atoms with Crippen LogP contribution in [0.5, 0.6) is 0 Å². The van der Waals surface area contributed by atoms with Gasteiger partial charge >= 0.3 is 6.03 Å². The van der Waals surface area contributed by atoms with Crippen molar-refractivity contribution in [1.82, 2.24) is 14.4 Å². The molecule has 0 saturated carbocycles. The van der Waals surface area contributed by atoms with Gasteiger partial charge in [-0.05, 0) is 30.3 Å². The third kappa shape index (κ3) is 3.65. The molecule has 1 fully saturated rings. The lowest BCUT2D eigenvalue weighted by atomic mass is 10.2. The predicted octanol–water partition coefficient (Wildman–Crippen LogP) is 3.96. The Balaban J connectivity index is 1.42. The molecule has 1 aromatic heterocycles. The van der Waals surface area contributed by atoms with Crippen molar-refractivity contribution in [2.75, 3.05) is 31.5 Å². The quantitative estimate of drug-likeness (QED) is 0.690. The molecular weight excluding hydrogens is 395 g/mol. The van der Waals surface area contributed by atoms with E-state index in [1.54, 1.807) is 9.80 Å². The number of para-hydroxylation sites is 1. The van der Waals surface area contributed by atoms with Crippen molar-refractivity contribution in [3.8, 4) is 0 Å². The molecule has 0 atom stereocenters. The summed E-state index contributed by atoms with van der Waals surface area (Å²) in [5.74, 6) is -0.505. The first-order chi connectivity index (χ1) is 14.0. The molecule has 29 heavy (non-hydrogen) atoms. The van der Waals surface area contributed by atoms with Gasteiger partial charge in [-0.25, -0.2) is 9.18 Å². The van der Waals surface area contributed by atoms with Crippen LogP contribution in [0.2, 0.25) is 5.02 Å². The van der Waals surface area contributed by atoms with E-state index in [9.17, 15) is 14.0 Å². The van der Waals surface area contributed by atoms with Crippen molar-refractivity contribution in [3.63, 3.8) is 0 Å². The number of fused-ring (bicyclic) bond motifs is 1. The average Bonchev–Trinajstić information content (AvgIpc) is 3.00. The Labute approximate surface area is 172 Å². The number of amides is 3. The third-order valence-electron chi connectivity index (χ3n) is 5.20. The first-order valence-corrected chi connectivity index (χ1v) is 9.67. The van der Waals surface area contributed by atoms with E-state index in [4.69, 9.17) is 11.6 Å². The number of hydrogen-bond donors (Lipinski definition) is 1. The first-order valence-electron chi connectivity index (χ1n) is 9.29. The summed E-state index contributed by atoms with van der Waals surface area (Å²) in [5, 5.41) is 4.04. The average molecular weight is 415 g/mol. The fourth-order valence-electron chi connectivity index (χ4n) is 3.58. The highest BCUT2D eigenvalue weighted by Gasteiger charge is 2.28. The summed E-state index contributed by atoms with van der Waals surface area (Å²) in [5.41, 5.74) is 1.88. The van der Waals surface area contributed by atoms with Gasteiger partial charge in [-0.15, -0.1) is 0 Å². The van der Waals surface area contributed by atoms with Gasteiger partial charge in [0.25, 0.3) is 5.91 Å². The van der Waals surface area contributed by atoms with Crippen LogP contribution in [0.4, 0.5) is 14.9 Å². The van der Waals surface area contributed by atoms with Gasteiger partial charge in [-0.3, -0.25) is 4.79 Å². The van der Waals surface area contributed by atoms with Crippen LogP contribution in [-0.2, 0) is 7.05 Å². The number of halogens is 2. The Hall–Kier alpha value is -3.06. The van der Waals surface area contributed by atoms with Crippen LogP contribution in [-0.4, -0.2) is 52.5 Å². The first kappa shape index (κ1) is 19.3. The van der Waals surface area contributed by atoms with Crippen molar-refractivity contribution in [3.05, 3.63) is 65.1 Å². The number of nitrogens with zero attached hydrogens (tertiary/aromatic N) is 3. The van der Waals surface area contributed by atoms with E-state index >= 15 is 0 Å². The third-order valence-corrected chi connectivity index (χ3v) is 5.58. The lowest BCUT2D eigenvalue weighted by Gasteiger charge is -2.34. The molecule has 0 unspecified atom stereocenters. The van der Waals surface area contributed by atoms with Crippen LogP contribution in [0.1, 0.15) is 10.5 Å². The van der Waals surface area contributed by atoms with E-state index in [0.29, 0.717) is 42.6 Å². The number of hydrogen-bond acceptors (Lipinski definition) is 2. The zero-order valence-corrected chi connectivity index (χ0v) is 16.6. The van der Waals surface area contributed by atoms with E-state index in [-0.39, 0.29) is 17.8 Å². The molecule has 1 aliphatic heterocycles. The van der Waals surface area contributed by atoms with Gasteiger partial charge in [-0.2, -0.15) is 0 Å². The number of piperazine rings is 1. The van der Waals surface area contributed by atoms with Crippen LogP contribution in [0.15, 0.2) is 48.5 Å². The molecule has 2 aromatic carbocycles. The van der Waals surface area contributed by atoms with E-state index in [2.05, 4.69) is 5.32 Å². The van der Waals surface area contributed by atoms with E-state index in [1.807, 2.05) is 35.9 Å². The molecule has 4 rings (SSSR count). The van der Waals surface area contributed by atoms with Crippen molar-refractivity contribution in [1.29, 1.82) is 0 Å². The molecular formula is C21H20ClFN4O2. The highest BCUT2D eigenvalue weighted by Crippen LogP contribution is 2.30. The second-order valence-corrected chi connectivity index (χ2v) is 7.33. The summed E-state index contributed by atoms with van der Waals surface area (Å²) in [6.45, 7) is 1.63. The highest BCUT2D eigenvalue weighted by atomic mass is 35.5. The standard InChI is InChI=1S/C21H20ClFN4O2/c1-25-17-5-3-2-4-16(17)18(22)19(25)20(28)26-10-12-27(13-11-26)21(29)24-15-8-6-14(23)7-9-15/h2-9H,10-13H2,1H3,(H,24,29). The molecule has 150 valence electrons. The molecule has 1 aliphatic rings. The number of benzene rings is 2. The molecule has 0 spiro atoms. The molecule has 2 heterocycles. The minimum absolute atomic E-state index is 0.146. The fourth-order valence-corrected chi connectivity index (χ4v) is 3.95. The maximum Gasteiger partial charge on any atom is 0.321 e. The van der Waals surface area contributed by atoms with Gasteiger partial charge in [0.05, 0.1) is 5.02 Å². The number of rotatable bonds is 2. The van der Waals surface area contributed by atoms with Gasteiger partial charge in [-0.1, -0.05) is 29.8 Å². The largest absolute Gasteiger partial charge is 0.338 e. The van der Waals surface area contributed by atoms with E-state index in [0.717, 1.165) is 10.9 Å². The summed E-state index contributed by atoms with van der Waals surface area (Å²) in [6.07, 6.45) is 0. The van der Waals surface area contributed by atoms with Crippen LogP contribution < -0.4 is 5.32 Å². The summed E-state index contributed by atoms with van der Waals surface area (Å²) in [4.78, 5) is 28.8. The number of carbonyl (C=O) groups excluding carboxylic acids is 2. The Morgan fingerprint density at radius 2 is 1.59 bits per heavy atom. The van der Waals surface area contributed by atoms with Crippen LogP contribution in [0.3, 0.4) is 0 Å². The molecule has 8 heteroatoms. The minimum atomic E-state index is -0.359. The monoisotopic (exact) mass is 414 g/mol. The zero-order valence-electron chi connectivity index (χ0n) is 15.9. The molecule has 0 bridgehead atoms. The topological polar surface area (TPSA) is 57.6 Å². The maximum atomic E-state index is 13.1. The van der Waals surface area contributed by atoms with Gasteiger partial charge in [0, 0.05) is 49.8 Å². The molecule has 0 radical (unpaired) electrons. The highest BCUT2D eigenvalue weighted by molar-refractivity contribution is 6.38. The van der Waals surface area contributed by atoms with E-state index < -0.39 is 0 Å². The summed E-state index contributed by atoms with van der Waals surface area (Å²) >= 11 is 6.49. The summed E-state index contributed by atoms with van der Waals surface area (Å²) < 4.78 is 14.8.